The van der Waals surface area contributed by atoms with Crippen LogP contribution in [0.4, 0.5) is 5.82 Å². The van der Waals surface area contributed by atoms with Crippen molar-refractivity contribution < 1.29 is 0 Å². The third-order valence-corrected chi connectivity index (χ3v) is 3.74. The standard InChI is InChI=1S/C14H24N4/c1-4-18-8-6-5-7-13(18)10-16-14-12(3)15-9-11(2)17-14/h9,13H,4-8,10H2,1-3H3,(H,16,17). The van der Waals surface area contributed by atoms with Crippen molar-refractivity contribution in [3.8, 4) is 0 Å². The van der Waals surface area contributed by atoms with Gasteiger partial charge in [0.15, 0.2) is 0 Å². The molecule has 1 saturated heterocycles. The predicted molar refractivity (Wildman–Crippen MR) is 74.9 cm³/mol. The van der Waals surface area contributed by atoms with Crippen LogP contribution in [-0.4, -0.2) is 40.5 Å². The van der Waals surface area contributed by atoms with E-state index in [0.29, 0.717) is 6.04 Å². The highest BCUT2D eigenvalue weighted by Crippen LogP contribution is 2.17. The molecule has 100 valence electrons. The summed E-state index contributed by atoms with van der Waals surface area (Å²) in [6, 6.07) is 0.644. The van der Waals surface area contributed by atoms with Gasteiger partial charge in [-0.2, -0.15) is 0 Å². The van der Waals surface area contributed by atoms with Gasteiger partial charge in [0.25, 0.3) is 0 Å². The van der Waals surface area contributed by atoms with Gasteiger partial charge in [-0.3, -0.25) is 9.88 Å². The number of likely N-dealkylation sites (N-methyl/N-ethyl adjacent to an activating group) is 1. The Morgan fingerprint density at radius 3 is 3.00 bits per heavy atom. The number of likely N-dealkylation sites (tertiary alicyclic amines) is 1. The molecule has 18 heavy (non-hydrogen) atoms. The molecular formula is C14H24N4. The second-order valence-electron chi connectivity index (χ2n) is 5.10. The Labute approximate surface area is 110 Å². The molecule has 0 aliphatic carbocycles. The number of aryl methyl sites for hydroxylation is 2. The quantitative estimate of drug-likeness (QED) is 0.888. The van der Waals surface area contributed by atoms with Crippen molar-refractivity contribution in [1.29, 1.82) is 0 Å². The first-order valence-corrected chi connectivity index (χ1v) is 6.99. The van der Waals surface area contributed by atoms with Crippen molar-refractivity contribution in [3.63, 3.8) is 0 Å². The van der Waals surface area contributed by atoms with Crippen LogP contribution in [0.25, 0.3) is 0 Å². The molecule has 0 amide bonds. The molecule has 1 aromatic rings. The van der Waals surface area contributed by atoms with Crippen molar-refractivity contribution in [3.05, 3.63) is 17.6 Å². The van der Waals surface area contributed by atoms with Gasteiger partial charge in [0.1, 0.15) is 5.82 Å². The van der Waals surface area contributed by atoms with Crippen LogP contribution >= 0.6 is 0 Å². The minimum atomic E-state index is 0.644. The molecule has 1 aliphatic heterocycles. The SMILES string of the molecule is CCN1CCCCC1CNc1nc(C)cnc1C. The van der Waals surface area contributed by atoms with Crippen LogP contribution in [0.2, 0.25) is 0 Å². The Morgan fingerprint density at radius 1 is 1.39 bits per heavy atom. The van der Waals surface area contributed by atoms with E-state index in [0.717, 1.165) is 30.3 Å². The lowest BCUT2D eigenvalue weighted by molar-refractivity contribution is 0.164. The number of anilines is 1. The summed E-state index contributed by atoms with van der Waals surface area (Å²) in [4.78, 5) is 11.4. The minimum Gasteiger partial charge on any atom is -0.367 e. The fourth-order valence-electron chi connectivity index (χ4n) is 2.63. The maximum absolute atomic E-state index is 4.52. The van der Waals surface area contributed by atoms with Crippen LogP contribution in [0.15, 0.2) is 6.20 Å². The van der Waals surface area contributed by atoms with E-state index in [1.165, 1.54) is 25.8 Å². The molecular weight excluding hydrogens is 224 g/mol. The first-order chi connectivity index (χ1) is 8.70. The molecule has 0 saturated carbocycles. The largest absolute Gasteiger partial charge is 0.367 e. The highest BCUT2D eigenvalue weighted by molar-refractivity contribution is 5.39. The zero-order chi connectivity index (χ0) is 13.0. The number of aromatic nitrogens is 2. The molecule has 2 rings (SSSR count). The average Bonchev–Trinajstić information content (AvgIpc) is 2.40. The summed E-state index contributed by atoms with van der Waals surface area (Å²) in [6.07, 6.45) is 5.80. The highest BCUT2D eigenvalue weighted by atomic mass is 15.2. The van der Waals surface area contributed by atoms with E-state index in [1.54, 1.807) is 0 Å². The van der Waals surface area contributed by atoms with E-state index < -0.39 is 0 Å². The maximum Gasteiger partial charge on any atom is 0.147 e. The van der Waals surface area contributed by atoms with E-state index in [4.69, 9.17) is 0 Å². The van der Waals surface area contributed by atoms with Gasteiger partial charge in [-0.15, -0.1) is 0 Å². The zero-order valence-corrected chi connectivity index (χ0v) is 11.7. The highest BCUT2D eigenvalue weighted by Gasteiger charge is 2.20. The molecule has 1 aliphatic rings. The van der Waals surface area contributed by atoms with Crippen LogP contribution < -0.4 is 5.32 Å². The normalized spacial score (nSPS) is 20.9. The smallest absolute Gasteiger partial charge is 0.147 e. The molecule has 1 unspecified atom stereocenters. The van der Waals surface area contributed by atoms with Gasteiger partial charge >= 0.3 is 0 Å². The topological polar surface area (TPSA) is 41.0 Å². The van der Waals surface area contributed by atoms with Crippen LogP contribution in [-0.2, 0) is 0 Å². The lowest BCUT2D eigenvalue weighted by atomic mass is 10.0. The number of rotatable bonds is 4. The van der Waals surface area contributed by atoms with Gasteiger partial charge in [-0.05, 0) is 39.8 Å². The zero-order valence-electron chi connectivity index (χ0n) is 11.7. The van der Waals surface area contributed by atoms with Gasteiger partial charge < -0.3 is 5.32 Å². The van der Waals surface area contributed by atoms with E-state index in [-0.39, 0.29) is 0 Å². The Bertz CT molecular complexity index is 391. The summed E-state index contributed by atoms with van der Waals surface area (Å²) in [5.41, 5.74) is 1.96. The van der Waals surface area contributed by atoms with E-state index in [2.05, 4.69) is 27.1 Å². The van der Waals surface area contributed by atoms with E-state index in [9.17, 15) is 0 Å². The first kappa shape index (κ1) is 13.3. The van der Waals surface area contributed by atoms with Gasteiger partial charge in [-0.25, -0.2) is 4.98 Å². The van der Waals surface area contributed by atoms with Gasteiger partial charge in [0.2, 0.25) is 0 Å². The van der Waals surface area contributed by atoms with Crippen LogP contribution in [0.1, 0.15) is 37.6 Å². The third-order valence-electron chi connectivity index (χ3n) is 3.74. The number of hydrogen-bond donors (Lipinski definition) is 1. The number of hydrogen-bond acceptors (Lipinski definition) is 4. The second-order valence-corrected chi connectivity index (χ2v) is 5.10. The monoisotopic (exact) mass is 248 g/mol. The molecule has 0 radical (unpaired) electrons. The van der Waals surface area contributed by atoms with Gasteiger partial charge in [0.05, 0.1) is 11.4 Å². The van der Waals surface area contributed by atoms with E-state index in [1.807, 2.05) is 20.0 Å². The van der Waals surface area contributed by atoms with Crippen LogP contribution in [0.3, 0.4) is 0 Å². The number of nitrogens with zero attached hydrogens (tertiary/aromatic N) is 3. The summed E-state index contributed by atoms with van der Waals surface area (Å²) in [5, 5.41) is 3.47. The Balaban J connectivity index is 1.95. The summed E-state index contributed by atoms with van der Waals surface area (Å²) in [5.74, 6) is 0.941. The molecule has 1 atom stereocenters. The fourth-order valence-corrected chi connectivity index (χ4v) is 2.63. The Hall–Kier alpha value is -1.16. The molecule has 0 bridgehead atoms. The lowest BCUT2D eigenvalue weighted by Crippen LogP contribution is -2.43. The molecule has 0 aromatic carbocycles. The third kappa shape index (κ3) is 3.19. The molecule has 4 nitrogen and oxygen atoms in total. The van der Waals surface area contributed by atoms with Gasteiger partial charge in [-0.1, -0.05) is 13.3 Å². The van der Waals surface area contributed by atoms with Crippen molar-refractivity contribution in [2.24, 2.45) is 0 Å². The molecule has 4 heteroatoms. The van der Waals surface area contributed by atoms with Gasteiger partial charge in [0, 0.05) is 18.8 Å². The summed E-state index contributed by atoms with van der Waals surface area (Å²) in [7, 11) is 0. The molecule has 0 spiro atoms. The molecule has 1 aromatic heterocycles. The lowest BCUT2D eigenvalue weighted by Gasteiger charge is -2.35. The molecule has 1 fully saturated rings. The molecule has 2 heterocycles. The van der Waals surface area contributed by atoms with Crippen molar-refractivity contribution in [2.45, 2.75) is 46.1 Å². The van der Waals surface area contributed by atoms with Crippen molar-refractivity contribution in [2.75, 3.05) is 25.0 Å². The maximum atomic E-state index is 4.52. The van der Waals surface area contributed by atoms with Crippen molar-refractivity contribution in [1.82, 2.24) is 14.9 Å². The molecule has 1 N–H and O–H groups in total. The Morgan fingerprint density at radius 2 is 2.22 bits per heavy atom. The van der Waals surface area contributed by atoms with E-state index >= 15 is 0 Å². The number of piperidine rings is 1. The summed E-state index contributed by atoms with van der Waals surface area (Å²) in [6.45, 7) is 9.60. The summed E-state index contributed by atoms with van der Waals surface area (Å²) >= 11 is 0. The van der Waals surface area contributed by atoms with Crippen LogP contribution in [0.5, 0.6) is 0 Å². The summed E-state index contributed by atoms with van der Waals surface area (Å²) < 4.78 is 0. The second kappa shape index (κ2) is 6.14. The minimum absolute atomic E-state index is 0.644. The first-order valence-electron chi connectivity index (χ1n) is 6.99. The number of nitrogens with one attached hydrogen (secondary N) is 1. The predicted octanol–water partition coefficient (Wildman–Crippen LogP) is 2.38. The van der Waals surface area contributed by atoms with Crippen molar-refractivity contribution >= 4 is 5.82 Å². The van der Waals surface area contributed by atoms with Crippen LogP contribution in [0, 0.1) is 13.8 Å². The average molecular weight is 248 g/mol. The Kier molecular flexibility index (Phi) is 4.53. The fraction of sp³-hybridized carbons (Fsp3) is 0.714.